The fourth-order valence-corrected chi connectivity index (χ4v) is 2.99. The molecule has 1 atom stereocenters. The number of hydrogen-bond acceptors (Lipinski definition) is 3. The molecule has 0 aliphatic carbocycles. The van der Waals surface area contributed by atoms with E-state index < -0.39 is 0 Å². The lowest BCUT2D eigenvalue weighted by Gasteiger charge is -2.24. The van der Waals surface area contributed by atoms with Crippen molar-refractivity contribution < 1.29 is 4.74 Å². The first kappa shape index (κ1) is 13.2. The van der Waals surface area contributed by atoms with Crippen LogP contribution in [0.15, 0.2) is 23.1 Å². The van der Waals surface area contributed by atoms with E-state index >= 15 is 0 Å². The van der Waals surface area contributed by atoms with Crippen LogP contribution in [0.25, 0.3) is 0 Å². The van der Waals surface area contributed by atoms with Crippen LogP contribution >= 0.6 is 23.4 Å². The number of morpholine rings is 1. The summed E-state index contributed by atoms with van der Waals surface area (Å²) in [6, 6.07) is 6.25. The van der Waals surface area contributed by atoms with Crippen molar-refractivity contribution in [3.8, 4) is 0 Å². The van der Waals surface area contributed by atoms with Gasteiger partial charge in [0, 0.05) is 23.2 Å². The Morgan fingerprint density at radius 1 is 1.47 bits per heavy atom. The molecule has 0 bridgehead atoms. The maximum absolute atomic E-state index is 6.30. The van der Waals surface area contributed by atoms with Gasteiger partial charge in [-0.1, -0.05) is 31.5 Å². The lowest BCUT2D eigenvalue weighted by Crippen LogP contribution is -2.33. The molecule has 4 heteroatoms. The molecule has 2 nitrogen and oxygen atoms in total. The van der Waals surface area contributed by atoms with Crippen LogP contribution in [0.1, 0.15) is 25.5 Å². The van der Waals surface area contributed by atoms with Crippen LogP contribution < -0.4 is 5.32 Å². The molecule has 0 aromatic heterocycles. The third-order valence-corrected chi connectivity index (χ3v) is 4.12. The van der Waals surface area contributed by atoms with Crippen LogP contribution in [0, 0.1) is 0 Å². The fraction of sp³-hybridized carbons (Fsp3) is 0.538. The van der Waals surface area contributed by atoms with Gasteiger partial charge in [-0.2, -0.15) is 0 Å². The summed E-state index contributed by atoms with van der Waals surface area (Å²) in [4.78, 5) is 1.15. The summed E-state index contributed by atoms with van der Waals surface area (Å²) in [5, 5.41) is 4.70. The van der Waals surface area contributed by atoms with E-state index in [1.165, 1.54) is 0 Å². The van der Waals surface area contributed by atoms with E-state index in [0.29, 0.717) is 5.25 Å². The molecule has 1 heterocycles. The summed E-state index contributed by atoms with van der Waals surface area (Å²) >= 11 is 8.09. The topological polar surface area (TPSA) is 21.3 Å². The number of ether oxygens (including phenoxy) is 1. The second-order valence-electron chi connectivity index (χ2n) is 4.42. The minimum absolute atomic E-state index is 0.138. The first-order valence-corrected chi connectivity index (χ1v) is 7.21. The van der Waals surface area contributed by atoms with Crippen LogP contribution in [0.2, 0.25) is 5.02 Å². The second kappa shape index (κ2) is 6.10. The second-order valence-corrected chi connectivity index (χ2v) is 6.45. The number of hydrogen-bond donors (Lipinski definition) is 1. The molecule has 94 valence electrons. The summed E-state index contributed by atoms with van der Waals surface area (Å²) in [6.45, 7) is 6.91. The molecule has 1 saturated heterocycles. The zero-order chi connectivity index (χ0) is 12.3. The zero-order valence-electron chi connectivity index (χ0n) is 10.2. The molecule has 0 saturated carbocycles. The highest BCUT2D eigenvalue weighted by Crippen LogP contribution is 2.33. The molecule has 1 aliphatic rings. The van der Waals surface area contributed by atoms with E-state index in [9.17, 15) is 0 Å². The van der Waals surface area contributed by atoms with Crippen molar-refractivity contribution in [1.82, 2.24) is 5.32 Å². The van der Waals surface area contributed by atoms with Gasteiger partial charge in [0.05, 0.1) is 17.7 Å². The molecule has 0 spiro atoms. The Labute approximate surface area is 112 Å². The Kier molecular flexibility index (Phi) is 4.74. The summed E-state index contributed by atoms with van der Waals surface area (Å²) in [7, 11) is 0. The maximum Gasteiger partial charge on any atom is 0.0950 e. The number of nitrogens with one attached hydrogen (secondary N) is 1. The van der Waals surface area contributed by atoms with E-state index in [4.69, 9.17) is 16.3 Å². The third kappa shape index (κ3) is 3.62. The van der Waals surface area contributed by atoms with Gasteiger partial charge in [-0.05, 0) is 17.7 Å². The Morgan fingerprint density at radius 3 is 2.88 bits per heavy atom. The molecule has 1 aromatic rings. The lowest BCUT2D eigenvalue weighted by molar-refractivity contribution is 0.0277. The highest BCUT2D eigenvalue weighted by molar-refractivity contribution is 8.00. The van der Waals surface area contributed by atoms with E-state index in [1.807, 2.05) is 6.07 Å². The molecule has 1 aromatic carbocycles. The molecule has 1 unspecified atom stereocenters. The van der Waals surface area contributed by atoms with Crippen LogP contribution in [0.5, 0.6) is 0 Å². The average molecular weight is 272 g/mol. The SMILES string of the molecule is CC(C)Sc1ccc(C2CNCCO2)cc1Cl. The zero-order valence-corrected chi connectivity index (χ0v) is 11.8. The van der Waals surface area contributed by atoms with Crippen molar-refractivity contribution in [3.63, 3.8) is 0 Å². The van der Waals surface area contributed by atoms with Crippen molar-refractivity contribution in [2.24, 2.45) is 0 Å². The van der Waals surface area contributed by atoms with Crippen molar-refractivity contribution in [2.45, 2.75) is 30.1 Å². The van der Waals surface area contributed by atoms with Gasteiger partial charge in [0.2, 0.25) is 0 Å². The molecule has 2 rings (SSSR count). The molecule has 0 amide bonds. The van der Waals surface area contributed by atoms with Gasteiger partial charge in [-0.15, -0.1) is 11.8 Å². The normalized spacial score (nSPS) is 20.8. The highest BCUT2D eigenvalue weighted by atomic mass is 35.5. The van der Waals surface area contributed by atoms with Crippen molar-refractivity contribution in [1.29, 1.82) is 0 Å². The molecule has 1 N–H and O–H groups in total. The van der Waals surface area contributed by atoms with Gasteiger partial charge in [-0.25, -0.2) is 0 Å². The fourth-order valence-electron chi connectivity index (χ4n) is 1.85. The largest absolute Gasteiger partial charge is 0.371 e. The van der Waals surface area contributed by atoms with Crippen molar-refractivity contribution in [3.05, 3.63) is 28.8 Å². The predicted molar refractivity (Wildman–Crippen MR) is 74.0 cm³/mol. The molecule has 1 fully saturated rings. The molecular formula is C13H18ClNOS. The van der Waals surface area contributed by atoms with Crippen LogP contribution in [0.3, 0.4) is 0 Å². The number of thioether (sulfide) groups is 1. The van der Waals surface area contributed by atoms with Crippen LogP contribution in [0.4, 0.5) is 0 Å². The summed E-state index contributed by atoms with van der Waals surface area (Å²) in [5.41, 5.74) is 1.16. The predicted octanol–water partition coefficient (Wildman–Crippen LogP) is 3.50. The highest BCUT2D eigenvalue weighted by Gasteiger charge is 2.16. The van der Waals surface area contributed by atoms with Crippen LogP contribution in [-0.4, -0.2) is 24.9 Å². The van der Waals surface area contributed by atoms with E-state index in [0.717, 1.165) is 35.2 Å². The average Bonchev–Trinajstić information content (AvgIpc) is 2.32. The first-order chi connectivity index (χ1) is 8.16. The molecular weight excluding hydrogens is 254 g/mol. The lowest BCUT2D eigenvalue weighted by atomic mass is 10.1. The third-order valence-electron chi connectivity index (χ3n) is 2.62. The van der Waals surface area contributed by atoms with Gasteiger partial charge >= 0.3 is 0 Å². The number of rotatable bonds is 3. The number of halogens is 1. The van der Waals surface area contributed by atoms with Gasteiger partial charge < -0.3 is 10.1 Å². The van der Waals surface area contributed by atoms with E-state index in [2.05, 4.69) is 31.3 Å². The van der Waals surface area contributed by atoms with Crippen molar-refractivity contribution >= 4 is 23.4 Å². The van der Waals surface area contributed by atoms with E-state index in [-0.39, 0.29) is 6.10 Å². The van der Waals surface area contributed by atoms with Gasteiger partial charge in [0.1, 0.15) is 0 Å². The minimum Gasteiger partial charge on any atom is -0.371 e. The summed E-state index contributed by atoms with van der Waals surface area (Å²) < 4.78 is 5.71. The monoisotopic (exact) mass is 271 g/mol. The van der Waals surface area contributed by atoms with Gasteiger partial charge in [0.25, 0.3) is 0 Å². The van der Waals surface area contributed by atoms with Gasteiger partial charge in [0.15, 0.2) is 0 Å². The Hall–Kier alpha value is -0.220. The molecule has 0 radical (unpaired) electrons. The van der Waals surface area contributed by atoms with Crippen molar-refractivity contribution in [2.75, 3.05) is 19.7 Å². The Balaban J connectivity index is 2.12. The molecule has 17 heavy (non-hydrogen) atoms. The van der Waals surface area contributed by atoms with Gasteiger partial charge in [-0.3, -0.25) is 0 Å². The number of benzene rings is 1. The Bertz CT molecular complexity index is 378. The summed E-state index contributed by atoms with van der Waals surface area (Å²) in [5.74, 6) is 0. The standard InChI is InChI=1S/C13H18ClNOS/c1-9(2)17-13-4-3-10(7-11(13)14)12-8-15-5-6-16-12/h3-4,7,9,12,15H,5-6,8H2,1-2H3. The van der Waals surface area contributed by atoms with Crippen LogP contribution in [-0.2, 0) is 4.74 Å². The Morgan fingerprint density at radius 2 is 2.29 bits per heavy atom. The van der Waals surface area contributed by atoms with E-state index in [1.54, 1.807) is 11.8 Å². The first-order valence-electron chi connectivity index (χ1n) is 5.95. The minimum atomic E-state index is 0.138. The molecule has 1 aliphatic heterocycles. The smallest absolute Gasteiger partial charge is 0.0950 e. The quantitative estimate of drug-likeness (QED) is 0.851. The summed E-state index contributed by atoms with van der Waals surface area (Å²) in [6.07, 6.45) is 0.138. The maximum atomic E-state index is 6.30.